The average molecular weight is 239 g/mol. The van der Waals surface area contributed by atoms with E-state index in [-0.39, 0.29) is 5.82 Å². The lowest BCUT2D eigenvalue weighted by Crippen LogP contribution is -2.16. The number of thioether (sulfide) groups is 1. The molecule has 0 atom stereocenters. The van der Waals surface area contributed by atoms with E-state index in [1.807, 2.05) is 17.8 Å². The van der Waals surface area contributed by atoms with E-state index in [9.17, 15) is 4.39 Å². The molecule has 1 nitrogen and oxygen atoms in total. The minimum atomic E-state index is -0.131. The smallest absolute Gasteiger partial charge is 0.123 e. The van der Waals surface area contributed by atoms with E-state index in [1.54, 1.807) is 12.1 Å². The molecule has 1 aliphatic carbocycles. The van der Waals surface area contributed by atoms with Crippen molar-refractivity contribution < 1.29 is 4.39 Å². The van der Waals surface area contributed by atoms with Crippen LogP contribution >= 0.6 is 11.8 Å². The summed E-state index contributed by atoms with van der Waals surface area (Å²) in [6.45, 7) is 2.97. The number of rotatable bonds is 6. The van der Waals surface area contributed by atoms with E-state index in [4.69, 9.17) is 0 Å². The maximum absolute atomic E-state index is 13.2. The summed E-state index contributed by atoms with van der Waals surface area (Å²) in [6.07, 6.45) is 3.69. The van der Waals surface area contributed by atoms with Crippen LogP contribution in [0.25, 0.3) is 0 Å². The zero-order valence-electron chi connectivity index (χ0n) is 9.63. The van der Waals surface area contributed by atoms with Crippen LogP contribution in [0.1, 0.15) is 31.7 Å². The van der Waals surface area contributed by atoms with Crippen LogP contribution in [0, 0.1) is 5.82 Å². The highest BCUT2D eigenvalue weighted by Crippen LogP contribution is 2.26. The molecule has 1 fully saturated rings. The fourth-order valence-corrected chi connectivity index (χ4v) is 2.49. The predicted molar refractivity (Wildman–Crippen MR) is 67.3 cm³/mol. The summed E-state index contributed by atoms with van der Waals surface area (Å²) >= 11 is 1.82. The topological polar surface area (TPSA) is 12.0 Å². The molecule has 0 unspecified atom stereocenters. The average Bonchev–Trinajstić information content (AvgIpc) is 3.09. The third-order valence-corrected chi connectivity index (χ3v) is 3.96. The molecule has 16 heavy (non-hydrogen) atoms. The summed E-state index contributed by atoms with van der Waals surface area (Å²) in [4.78, 5) is 1.22. The molecule has 0 bridgehead atoms. The molecular weight excluding hydrogens is 221 g/mol. The maximum Gasteiger partial charge on any atom is 0.123 e. The first-order valence-corrected chi connectivity index (χ1v) is 6.92. The lowest BCUT2D eigenvalue weighted by molar-refractivity contribution is 0.616. The molecule has 0 aromatic heterocycles. The molecular formula is C13H18FNS. The van der Waals surface area contributed by atoms with E-state index < -0.39 is 0 Å². The molecule has 1 N–H and O–H groups in total. The van der Waals surface area contributed by atoms with E-state index in [0.717, 1.165) is 24.3 Å². The predicted octanol–water partition coefficient (Wildman–Crippen LogP) is 3.58. The Morgan fingerprint density at radius 3 is 2.94 bits per heavy atom. The van der Waals surface area contributed by atoms with E-state index in [0.29, 0.717) is 6.04 Å². The van der Waals surface area contributed by atoms with Gasteiger partial charge in [0.15, 0.2) is 0 Å². The van der Waals surface area contributed by atoms with Gasteiger partial charge in [-0.2, -0.15) is 0 Å². The minimum Gasteiger partial charge on any atom is -0.310 e. The van der Waals surface area contributed by atoms with Crippen LogP contribution in [0.5, 0.6) is 0 Å². The van der Waals surface area contributed by atoms with Crippen molar-refractivity contribution in [2.24, 2.45) is 0 Å². The second kappa shape index (κ2) is 5.69. The molecule has 0 aliphatic heterocycles. The first-order chi connectivity index (χ1) is 7.79. The SMILES string of the molecule is CCCSc1ccc(F)cc1CNC1CC1. The number of nitrogens with one attached hydrogen (secondary N) is 1. The Kier molecular flexibility index (Phi) is 4.24. The first kappa shape index (κ1) is 11.9. The highest BCUT2D eigenvalue weighted by Gasteiger charge is 2.20. The number of hydrogen-bond donors (Lipinski definition) is 1. The summed E-state index contributed by atoms with van der Waals surface area (Å²) < 4.78 is 13.2. The summed E-state index contributed by atoms with van der Waals surface area (Å²) in [5, 5.41) is 3.44. The Morgan fingerprint density at radius 2 is 2.25 bits per heavy atom. The molecule has 2 rings (SSSR count). The van der Waals surface area contributed by atoms with Crippen molar-refractivity contribution in [1.82, 2.24) is 5.32 Å². The zero-order chi connectivity index (χ0) is 11.4. The molecule has 1 aromatic rings. The Labute approximate surface area is 101 Å². The molecule has 1 saturated carbocycles. The van der Waals surface area contributed by atoms with Crippen molar-refractivity contribution in [3.8, 4) is 0 Å². The summed E-state index contributed by atoms with van der Waals surface area (Å²) in [6, 6.07) is 5.79. The van der Waals surface area contributed by atoms with Crippen LogP contribution in [-0.2, 0) is 6.54 Å². The van der Waals surface area contributed by atoms with E-state index in [2.05, 4.69) is 12.2 Å². The Hall–Kier alpha value is -0.540. The lowest BCUT2D eigenvalue weighted by Gasteiger charge is -2.09. The van der Waals surface area contributed by atoms with Crippen LogP contribution in [0.4, 0.5) is 4.39 Å². The van der Waals surface area contributed by atoms with Gasteiger partial charge in [-0.05, 0) is 48.8 Å². The summed E-state index contributed by atoms with van der Waals surface area (Å²) in [5.74, 6) is 0.968. The van der Waals surface area contributed by atoms with Gasteiger partial charge in [0, 0.05) is 17.5 Å². The van der Waals surface area contributed by atoms with E-state index >= 15 is 0 Å². The van der Waals surface area contributed by atoms with Crippen LogP contribution < -0.4 is 5.32 Å². The van der Waals surface area contributed by atoms with Gasteiger partial charge >= 0.3 is 0 Å². The van der Waals surface area contributed by atoms with Gasteiger partial charge in [-0.25, -0.2) is 4.39 Å². The standard InChI is InChI=1S/C13H18FNS/c1-2-7-16-13-6-3-11(14)8-10(13)9-15-12-4-5-12/h3,6,8,12,15H,2,4-5,7,9H2,1H3. The fourth-order valence-electron chi connectivity index (χ4n) is 1.58. The van der Waals surface area contributed by atoms with E-state index in [1.165, 1.54) is 17.7 Å². The van der Waals surface area contributed by atoms with Crippen molar-refractivity contribution in [2.45, 2.75) is 43.7 Å². The Bertz CT molecular complexity index is 350. The molecule has 0 saturated heterocycles. The normalized spacial score (nSPS) is 15.4. The first-order valence-electron chi connectivity index (χ1n) is 5.94. The number of hydrogen-bond acceptors (Lipinski definition) is 2. The van der Waals surface area contributed by atoms with Gasteiger partial charge in [0.25, 0.3) is 0 Å². The molecule has 0 amide bonds. The molecule has 1 aliphatic rings. The summed E-state index contributed by atoms with van der Waals surface area (Å²) in [7, 11) is 0. The highest BCUT2D eigenvalue weighted by molar-refractivity contribution is 7.99. The van der Waals surface area contributed by atoms with Crippen molar-refractivity contribution in [3.63, 3.8) is 0 Å². The molecule has 88 valence electrons. The van der Waals surface area contributed by atoms with Gasteiger partial charge < -0.3 is 5.32 Å². The maximum atomic E-state index is 13.2. The van der Waals surface area contributed by atoms with Crippen LogP contribution in [0.3, 0.4) is 0 Å². The van der Waals surface area contributed by atoms with Gasteiger partial charge in [0.2, 0.25) is 0 Å². The molecule has 0 radical (unpaired) electrons. The quantitative estimate of drug-likeness (QED) is 0.761. The van der Waals surface area contributed by atoms with Crippen LogP contribution in [0.2, 0.25) is 0 Å². The van der Waals surface area contributed by atoms with Gasteiger partial charge in [0.1, 0.15) is 5.82 Å². The second-order valence-corrected chi connectivity index (χ2v) is 5.39. The molecule has 0 heterocycles. The van der Waals surface area contributed by atoms with Crippen molar-refractivity contribution >= 4 is 11.8 Å². The van der Waals surface area contributed by atoms with Gasteiger partial charge in [-0.15, -0.1) is 11.8 Å². The third-order valence-electron chi connectivity index (χ3n) is 2.64. The van der Waals surface area contributed by atoms with Crippen molar-refractivity contribution in [3.05, 3.63) is 29.6 Å². The Balaban J connectivity index is 2.01. The summed E-state index contributed by atoms with van der Waals surface area (Å²) in [5.41, 5.74) is 1.10. The largest absolute Gasteiger partial charge is 0.310 e. The number of halogens is 1. The van der Waals surface area contributed by atoms with Crippen molar-refractivity contribution in [1.29, 1.82) is 0 Å². The highest BCUT2D eigenvalue weighted by atomic mass is 32.2. The lowest BCUT2D eigenvalue weighted by atomic mass is 10.2. The molecule has 3 heteroatoms. The van der Waals surface area contributed by atoms with Crippen LogP contribution in [-0.4, -0.2) is 11.8 Å². The van der Waals surface area contributed by atoms with Crippen molar-refractivity contribution in [2.75, 3.05) is 5.75 Å². The fraction of sp³-hybridized carbons (Fsp3) is 0.538. The minimum absolute atomic E-state index is 0.131. The monoisotopic (exact) mass is 239 g/mol. The van der Waals surface area contributed by atoms with Gasteiger partial charge in [0.05, 0.1) is 0 Å². The zero-order valence-corrected chi connectivity index (χ0v) is 10.4. The third kappa shape index (κ3) is 3.49. The second-order valence-electron chi connectivity index (χ2n) is 4.26. The van der Waals surface area contributed by atoms with Gasteiger partial charge in [-0.1, -0.05) is 6.92 Å². The Morgan fingerprint density at radius 1 is 1.44 bits per heavy atom. The van der Waals surface area contributed by atoms with Crippen LogP contribution in [0.15, 0.2) is 23.1 Å². The molecule has 1 aromatic carbocycles. The molecule has 0 spiro atoms. The van der Waals surface area contributed by atoms with Gasteiger partial charge in [-0.3, -0.25) is 0 Å². The number of benzene rings is 1.